The number of fused-ring (bicyclic) bond motifs is 10. The Bertz CT molecular complexity index is 3530. The van der Waals surface area contributed by atoms with Crippen LogP contribution in [-0.2, 0) is 0 Å². The molecule has 2 nitrogen and oxygen atoms in total. The van der Waals surface area contributed by atoms with Crippen LogP contribution in [0.15, 0.2) is 206 Å². The van der Waals surface area contributed by atoms with Crippen LogP contribution in [0.3, 0.4) is 0 Å². The van der Waals surface area contributed by atoms with Crippen LogP contribution < -0.4 is 4.90 Å². The quantitative estimate of drug-likeness (QED) is 0.159. The van der Waals surface area contributed by atoms with Gasteiger partial charge in [0.1, 0.15) is 0 Å². The highest BCUT2D eigenvalue weighted by atomic mass is 32.1. The van der Waals surface area contributed by atoms with Gasteiger partial charge in [0.2, 0.25) is 0 Å². The molecule has 266 valence electrons. The zero-order valence-electron chi connectivity index (χ0n) is 30.9. The lowest BCUT2D eigenvalue weighted by Crippen LogP contribution is -2.10. The van der Waals surface area contributed by atoms with Crippen molar-refractivity contribution >= 4 is 103 Å². The summed E-state index contributed by atoms with van der Waals surface area (Å²) < 4.78 is 5.05. The summed E-state index contributed by atoms with van der Waals surface area (Å²) in [4.78, 5) is 2.45. The van der Waals surface area contributed by atoms with Crippen LogP contribution >= 0.6 is 11.3 Å². The van der Waals surface area contributed by atoms with Gasteiger partial charge in [-0.2, -0.15) is 0 Å². The Morgan fingerprint density at radius 1 is 0.333 bits per heavy atom. The van der Waals surface area contributed by atoms with Gasteiger partial charge in [-0.3, -0.25) is 0 Å². The fraction of sp³-hybridized carbons (Fsp3) is 0. The number of hydrogen-bond acceptors (Lipinski definition) is 2. The molecule has 0 atom stereocenters. The smallest absolute Gasteiger partial charge is 0.0546 e. The lowest BCUT2D eigenvalue weighted by molar-refractivity contribution is 1.20. The maximum Gasteiger partial charge on any atom is 0.0546 e. The van der Waals surface area contributed by atoms with E-state index in [4.69, 9.17) is 0 Å². The first-order valence-electron chi connectivity index (χ1n) is 19.5. The van der Waals surface area contributed by atoms with Crippen molar-refractivity contribution in [1.29, 1.82) is 0 Å². The number of hydrogen-bond donors (Lipinski definition) is 0. The highest BCUT2D eigenvalue weighted by Gasteiger charge is 2.20. The summed E-state index contributed by atoms with van der Waals surface area (Å²) in [5.74, 6) is 0. The Balaban J connectivity index is 1.03. The maximum absolute atomic E-state index is 2.45. The maximum atomic E-state index is 2.45. The molecule has 57 heavy (non-hydrogen) atoms. The Morgan fingerprint density at radius 3 is 1.81 bits per heavy atom. The van der Waals surface area contributed by atoms with Gasteiger partial charge in [-0.1, -0.05) is 140 Å². The van der Waals surface area contributed by atoms with Crippen molar-refractivity contribution < 1.29 is 0 Å². The van der Waals surface area contributed by atoms with Gasteiger partial charge >= 0.3 is 0 Å². The zero-order chi connectivity index (χ0) is 37.5. The van der Waals surface area contributed by atoms with E-state index in [0.717, 1.165) is 11.4 Å². The van der Waals surface area contributed by atoms with Crippen molar-refractivity contribution in [3.63, 3.8) is 0 Å². The van der Waals surface area contributed by atoms with Gasteiger partial charge in [0.25, 0.3) is 0 Å². The van der Waals surface area contributed by atoms with Gasteiger partial charge in [0.15, 0.2) is 0 Å². The number of nitrogens with zero attached hydrogens (tertiary/aromatic N) is 2. The third-order valence-corrected chi connectivity index (χ3v) is 12.9. The summed E-state index contributed by atoms with van der Waals surface area (Å²) >= 11 is 1.86. The van der Waals surface area contributed by atoms with Crippen molar-refractivity contribution in [2.24, 2.45) is 0 Å². The lowest BCUT2D eigenvalue weighted by Gasteiger charge is -2.28. The number of aromatic nitrogens is 1. The third-order valence-electron chi connectivity index (χ3n) is 11.7. The van der Waals surface area contributed by atoms with E-state index in [1.165, 1.54) is 96.8 Å². The molecule has 12 aromatic rings. The van der Waals surface area contributed by atoms with E-state index in [1.54, 1.807) is 0 Å². The number of para-hydroxylation sites is 1. The van der Waals surface area contributed by atoms with E-state index in [2.05, 4.69) is 216 Å². The van der Waals surface area contributed by atoms with Crippen molar-refractivity contribution in [2.45, 2.75) is 0 Å². The van der Waals surface area contributed by atoms with Crippen molar-refractivity contribution in [3.8, 4) is 16.8 Å². The summed E-state index contributed by atoms with van der Waals surface area (Å²) in [6.45, 7) is 0. The molecule has 0 radical (unpaired) electrons. The van der Waals surface area contributed by atoms with Crippen molar-refractivity contribution in [1.82, 2.24) is 4.57 Å². The molecule has 0 N–H and O–H groups in total. The first-order chi connectivity index (χ1) is 28.3. The van der Waals surface area contributed by atoms with Crippen LogP contribution in [-0.4, -0.2) is 4.57 Å². The van der Waals surface area contributed by atoms with Gasteiger partial charge in [-0.05, 0) is 99.4 Å². The molecule has 0 amide bonds. The number of benzene rings is 10. The molecule has 3 heteroatoms. The predicted molar refractivity (Wildman–Crippen MR) is 246 cm³/mol. The zero-order valence-corrected chi connectivity index (χ0v) is 31.7. The van der Waals surface area contributed by atoms with Gasteiger partial charge in [0.05, 0.1) is 22.4 Å². The fourth-order valence-corrected chi connectivity index (χ4v) is 10.2. The molecular weight excluding hydrogens is 709 g/mol. The summed E-state index contributed by atoms with van der Waals surface area (Å²) in [6, 6.07) is 75.8. The normalized spacial score (nSPS) is 11.9. The van der Waals surface area contributed by atoms with Gasteiger partial charge < -0.3 is 9.47 Å². The summed E-state index contributed by atoms with van der Waals surface area (Å²) in [5.41, 5.74) is 9.43. The van der Waals surface area contributed by atoms with Crippen LogP contribution in [0.1, 0.15) is 0 Å². The van der Waals surface area contributed by atoms with Gasteiger partial charge in [-0.25, -0.2) is 0 Å². The minimum atomic E-state index is 1.12. The third kappa shape index (κ3) is 5.03. The largest absolute Gasteiger partial charge is 0.310 e. The Kier molecular flexibility index (Phi) is 7.13. The van der Waals surface area contributed by atoms with Gasteiger partial charge in [0, 0.05) is 53.1 Å². The molecule has 0 bridgehead atoms. The predicted octanol–water partition coefficient (Wildman–Crippen LogP) is 15.7. The van der Waals surface area contributed by atoms with Crippen LogP contribution in [0.5, 0.6) is 0 Å². The molecule has 0 fully saturated rings. The second-order valence-corrected chi connectivity index (χ2v) is 16.0. The highest BCUT2D eigenvalue weighted by Crippen LogP contribution is 2.45. The van der Waals surface area contributed by atoms with Crippen LogP contribution in [0.4, 0.5) is 17.1 Å². The molecule has 0 aliphatic heterocycles. The topological polar surface area (TPSA) is 8.17 Å². The Morgan fingerprint density at radius 2 is 0.947 bits per heavy atom. The van der Waals surface area contributed by atoms with Crippen LogP contribution in [0.2, 0.25) is 0 Å². The molecule has 12 rings (SSSR count). The van der Waals surface area contributed by atoms with E-state index in [0.29, 0.717) is 0 Å². The van der Waals surface area contributed by atoms with Crippen LogP contribution in [0.25, 0.3) is 91.1 Å². The SMILES string of the molecule is c1ccc2c(-n3c4ccccc4c4cc(-c5ccc(N(c6ccc7sc8ccccc8c7c6)c6cc7ccccc7c7ccccc67)cc5)ccc43)cccc2c1. The molecular formula is C54H34N2S. The minimum absolute atomic E-state index is 1.12. The molecule has 0 saturated heterocycles. The Labute approximate surface area is 333 Å². The Hall–Kier alpha value is -7.20. The molecule has 0 spiro atoms. The summed E-state index contributed by atoms with van der Waals surface area (Å²) in [7, 11) is 0. The van der Waals surface area contributed by atoms with Crippen molar-refractivity contribution in [2.75, 3.05) is 4.90 Å². The first kappa shape index (κ1) is 32.1. The van der Waals surface area contributed by atoms with Gasteiger partial charge in [-0.15, -0.1) is 11.3 Å². The monoisotopic (exact) mass is 742 g/mol. The second-order valence-electron chi connectivity index (χ2n) is 14.9. The lowest BCUT2D eigenvalue weighted by atomic mass is 9.98. The minimum Gasteiger partial charge on any atom is -0.310 e. The van der Waals surface area contributed by atoms with Crippen LogP contribution in [0, 0.1) is 0 Å². The standard InChI is InChI=1S/C54H34N2S/c1-4-16-42-36(12-1)14-11-22-49(42)56-50-21-9-7-19-45(50)47-32-37(26-30-51(47)56)35-24-27-39(28-25-35)55(40-29-31-54-48(34-40)46-20-8-10-23-53(46)57-54)52-33-38-13-2-3-15-41(38)43-17-5-6-18-44(43)52/h1-34H. The molecule has 10 aromatic carbocycles. The van der Waals surface area contributed by atoms with E-state index < -0.39 is 0 Å². The fourth-order valence-electron chi connectivity index (χ4n) is 9.12. The number of thiophene rings is 1. The average Bonchev–Trinajstić information content (AvgIpc) is 3.82. The summed E-state index contributed by atoms with van der Waals surface area (Å²) in [5, 5.41) is 12.6. The number of anilines is 3. The number of rotatable bonds is 5. The molecule has 0 aliphatic rings. The van der Waals surface area contributed by atoms with E-state index in [-0.39, 0.29) is 0 Å². The van der Waals surface area contributed by atoms with E-state index in [1.807, 2.05) is 11.3 Å². The summed E-state index contributed by atoms with van der Waals surface area (Å²) in [6.07, 6.45) is 0. The van der Waals surface area contributed by atoms with E-state index in [9.17, 15) is 0 Å². The molecule has 2 heterocycles. The molecule has 0 unspecified atom stereocenters. The highest BCUT2D eigenvalue weighted by molar-refractivity contribution is 7.25. The molecule has 0 saturated carbocycles. The first-order valence-corrected chi connectivity index (χ1v) is 20.3. The van der Waals surface area contributed by atoms with Crippen molar-refractivity contribution in [3.05, 3.63) is 206 Å². The second kappa shape index (κ2) is 12.7. The average molecular weight is 743 g/mol. The van der Waals surface area contributed by atoms with E-state index >= 15 is 0 Å². The molecule has 2 aromatic heterocycles. The molecule has 0 aliphatic carbocycles.